The molecule has 3 unspecified atom stereocenters. The molecule has 1 saturated carbocycles. The third kappa shape index (κ3) is 3.10. The van der Waals surface area contributed by atoms with Gasteiger partial charge in [-0.3, -0.25) is 4.79 Å². The quantitative estimate of drug-likeness (QED) is 0.888. The second kappa shape index (κ2) is 6.01. The molecule has 0 spiro atoms. The van der Waals surface area contributed by atoms with Gasteiger partial charge in [0.2, 0.25) is 0 Å². The molecule has 3 nitrogen and oxygen atoms in total. The number of nitrogens with one attached hydrogen (secondary N) is 1. The van der Waals surface area contributed by atoms with Crippen LogP contribution >= 0.6 is 0 Å². The number of benzene rings is 1. The first-order valence-corrected chi connectivity index (χ1v) is 6.59. The molecule has 1 amide bonds. The van der Waals surface area contributed by atoms with Gasteiger partial charge >= 0.3 is 0 Å². The molecule has 0 saturated heterocycles. The molecule has 2 rings (SSSR count). The number of methoxy groups -OCH3 is 1. The summed E-state index contributed by atoms with van der Waals surface area (Å²) in [5.74, 6) is 0.691. The third-order valence-corrected chi connectivity index (χ3v) is 3.62. The van der Waals surface area contributed by atoms with Crippen LogP contribution in [-0.2, 0) is 9.53 Å². The van der Waals surface area contributed by atoms with Gasteiger partial charge in [-0.15, -0.1) is 0 Å². The highest BCUT2D eigenvalue weighted by atomic mass is 16.5. The Hall–Kier alpha value is -1.35. The van der Waals surface area contributed by atoms with E-state index in [-0.39, 0.29) is 5.91 Å². The molecule has 1 aliphatic carbocycles. The Labute approximate surface area is 109 Å². The van der Waals surface area contributed by atoms with Crippen LogP contribution in [0.4, 0.5) is 0 Å². The van der Waals surface area contributed by atoms with Crippen LogP contribution in [0.3, 0.4) is 0 Å². The molecule has 0 bridgehead atoms. The molecule has 0 radical (unpaired) electrons. The molecule has 3 heteroatoms. The lowest BCUT2D eigenvalue weighted by molar-refractivity contribution is -0.132. The van der Waals surface area contributed by atoms with Crippen LogP contribution in [0.2, 0.25) is 0 Å². The maximum atomic E-state index is 12.2. The molecule has 18 heavy (non-hydrogen) atoms. The van der Waals surface area contributed by atoms with Crippen LogP contribution in [0.5, 0.6) is 0 Å². The monoisotopic (exact) mass is 247 g/mol. The van der Waals surface area contributed by atoms with E-state index in [1.807, 2.05) is 30.3 Å². The fourth-order valence-electron chi connectivity index (χ4n) is 2.64. The number of carbonyl (C=O) groups is 1. The maximum absolute atomic E-state index is 12.2. The lowest BCUT2D eigenvalue weighted by atomic mass is 10.1. The molecule has 0 aliphatic heterocycles. The standard InChI is InChI=1S/C15H21NO2/c1-11-8-9-13(10-11)16-15(17)14(18-2)12-6-4-3-5-7-12/h3-7,11,13-14H,8-10H2,1-2H3,(H,16,17). The van der Waals surface area contributed by atoms with E-state index in [0.29, 0.717) is 12.0 Å². The molecule has 1 fully saturated rings. The first kappa shape index (κ1) is 13.1. The number of ether oxygens (including phenoxy) is 1. The lowest BCUT2D eigenvalue weighted by Crippen LogP contribution is -2.37. The third-order valence-electron chi connectivity index (χ3n) is 3.62. The molecule has 1 aromatic rings. The summed E-state index contributed by atoms with van der Waals surface area (Å²) in [6, 6.07) is 9.94. The second-order valence-corrected chi connectivity index (χ2v) is 5.15. The van der Waals surface area contributed by atoms with Gasteiger partial charge in [0.25, 0.3) is 5.91 Å². The number of carbonyl (C=O) groups excluding carboxylic acids is 1. The largest absolute Gasteiger partial charge is 0.367 e. The molecule has 1 N–H and O–H groups in total. The predicted octanol–water partition coefficient (Wildman–Crippen LogP) is 2.68. The van der Waals surface area contributed by atoms with Gasteiger partial charge in [-0.1, -0.05) is 37.3 Å². The molecule has 1 aromatic carbocycles. The van der Waals surface area contributed by atoms with Crippen LogP contribution in [0.1, 0.15) is 37.9 Å². The summed E-state index contributed by atoms with van der Waals surface area (Å²) in [6.45, 7) is 2.23. The fraction of sp³-hybridized carbons (Fsp3) is 0.533. The van der Waals surface area contributed by atoms with E-state index in [9.17, 15) is 4.79 Å². The van der Waals surface area contributed by atoms with Crippen LogP contribution in [0.15, 0.2) is 30.3 Å². The molecular formula is C15H21NO2. The number of amides is 1. The maximum Gasteiger partial charge on any atom is 0.253 e. The second-order valence-electron chi connectivity index (χ2n) is 5.15. The van der Waals surface area contributed by atoms with Crippen molar-refractivity contribution >= 4 is 5.91 Å². The van der Waals surface area contributed by atoms with E-state index >= 15 is 0 Å². The average Bonchev–Trinajstić information content (AvgIpc) is 2.77. The topological polar surface area (TPSA) is 38.3 Å². The molecule has 1 aliphatic rings. The Morgan fingerprint density at radius 1 is 1.33 bits per heavy atom. The van der Waals surface area contributed by atoms with E-state index in [0.717, 1.165) is 18.4 Å². The lowest BCUT2D eigenvalue weighted by Gasteiger charge is -2.19. The highest BCUT2D eigenvalue weighted by molar-refractivity contribution is 5.82. The van der Waals surface area contributed by atoms with E-state index in [2.05, 4.69) is 12.2 Å². The summed E-state index contributed by atoms with van der Waals surface area (Å²) in [5, 5.41) is 3.09. The van der Waals surface area contributed by atoms with Crippen molar-refractivity contribution < 1.29 is 9.53 Å². The van der Waals surface area contributed by atoms with Crippen LogP contribution < -0.4 is 5.32 Å². The van der Waals surface area contributed by atoms with Crippen molar-refractivity contribution in [2.75, 3.05) is 7.11 Å². The first-order chi connectivity index (χ1) is 8.70. The van der Waals surface area contributed by atoms with Gasteiger partial charge < -0.3 is 10.1 Å². The average molecular weight is 247 g/mol. The summed E-state index contributed by atoms with van der Waals surface area (Å²) in [5.41, 5.74) is 0.906. The Morgan fingerprint density at radius 3 is 2.61 bits per heavy atom. The van der Waals surface area contributed by atoms with Gasteiger partial charge in [-0.25, -0.2) is 0 Å². The van der Waals surface area contributed by atoms with E-state index in [1.165, 1.54) is 6.42 Å². The normalized spacial score (nSPS) is 24.8. The molecular weight excluding hydrogens is 226 g/mol. The van der Waals surface area contributed by atoms with E-state index < -0.39 is 6.10 Å². The van der Waals surface area contributed by atoms with Crippen LogP contribution in [0.25, 0.3) is 0 Å². The first-order valence-electron chi connectivity index (χ1n) is 6.59. The fourth-order valence-corrected chi connectivity index (χ4v) is 2.64. The van der Waals surface area contributed by atoms with Crippen molar-refractivity contribution in [2.24, 2.45) is 5.92 Å². The van der Waals surface area contributed by atoms with Gasteiger partial charge in [0.15, 0.2) is 6.10 Å². The van der Waals surface area contributed by atoms with Gasteiger partial charge in [0.1, 0.15) is 0 Å². The smallest absolute Gasteiger partial charge is 0.253 e. The van der Waals surface area contributed by atoms with Gasteiger partial charge in [0.05, 0.1) is 0 Å². The minimum atomic E-state index is -0.498. The van der Waals surface area contributed by atoms with Crippen molar-refractivity contribution in [3.8, 4) is 0 Å². The minimum absolute atomic E-state index is 0.0252. The Kier molecular flexibility index (Phi) is 4.37. The molecule has 3 atom stereocenters. The van der Waals surface area contributed by atoms with Crippen molar-refractivity contribution in [1.29, 1.82) is 0 Å². The zero-order chi connectivity index (χ0) is 13.0. The Bertz CT molecular complexity index is 391. The summed E-state index contributed by atoms with van der Waals surface area (Å²) >= 11 is 0. The van der Waals surface area contributed by atoms with Gasteiger partial charge in [-0.2, -0.15) is 0 Å². The Morgan fingerprint density at radius 2 is 2.06 bits per heavy atom. The minimum Gasteiger partial charge on any atom is -0.367 e. The highest BCUT2D eigenvalue weighted by Crippen LogP contribution is 2.25. The van der Waals surface area contributed by atoms with Crippen molar-refractivity contribution in [2.45, 2.75) is 38.3 Å². The van der Waals surface area contributed by atoms with Gasteiger partial charge in [-0.05, 0) is 30.7 Å². The summed E-state index contributed by atoms with van der Waals surface area (Å²) < 4.78 is 5.32. The van der Waals surface area contributed by atoms with E-state index in [4.69, 9.17) is 4.74 Å². The zero-order valence-corrected chi connectivity index (χ0v) is 11.1. The summed E-state index contributed by atoms with van der Waals surface area (Å²) in [7, 11) is 1.58. The van der Waals surface area contributed by atoms with Crippen molar-refractivity contribution in [1.82, 2.24) is 5.32 Å². The molecule has 0 heterocycles. The zero-order valence-electron chi connectivity index (χ0n) is 11.1. The molecule has 98 valence electrons. The number of hydrogen-bond acceptors (Lipinski definition) is 2. The summed E-state index contributed by atoms with van der Waals surface area (Å²) in [6.07, 6.45) is 2.87. The van der Waals surface area contributed by atoms with Crippen molar-refractivity contribution in [3.63, 3.8) is 0 Å². The predicted molar refractivity (Wildman–Crippen MR) is 71.1 cm³/mol. The SMILES string of the molecule is COC(C(=O)NC1CCC(C)C1)c1ccccc1. The van der Waals surface area contributed by atoms with Crippen LogP contribution in [0, 0.1) is 5.92 Å². The number of hydrogen-bond donors (Lipinski definition) is 1. The van der Waals surface area contributed by atoms with E-state index in [1.54, 1.807) is 7.11 Å². The Balaban J connectivity index is 1.98. The van der Waals surface area contributed by atoms with Crippen molar-refractivity contribution in [3.05, 3.63) is 35.9 Å². The summed E-state index contributed by atoms with van der Waals surface area (Å²) in [4.78, 5) is 12.2. The highest BCUT2D eigenvalue weighted by Gasteiger charge is 2.26. The molecule has 0 aromatic heterocycles. The van der Waals surface area contributed by atoms with Gasteiger partial charge in [0, 0.05) is 13.2 Å². The number of rotatable bonds is 4. The van der Waals surface area contributed by atoms with Crippen LogP contribution in [-0.4, -0.2) is 19.1 Å².